The van der Waals surface area contributed by atoms with Crippen LogP contribution >= 0.6 is 0 Å². The van der Waals surface area contributed by atoms with Crippen molar-refractivity contribution in [2.45, 2.75) is 38.0 Å². The smallest absolute Gasteiger partial charge is 0.416 e. The first-order valence-electron chi connectivity index (χ1n) is 8.90. The van der Waals surface area contributed by atoms with Crippen molar-refractivity contribution in [2.24, 2.45) is 17.8 Å². The van der Waals surface area contributed by atoms with Gasteiger partial charge in [0.1, 0.15) is 5.54 Å². The number of rotatable bonds is 4. The van der Waals surface area contributed by atoms with E-state index in [1.807, 2.05) is 0 Å². The topological polar surface area (TPSA) is 86.7 Å². The Balaban J connectivity index is 2.15. The van der Waals surface area contributed by atoms with Gasteiger partial charge in [0, 0.05) is 13.1 Å². The summed E-state index contributed by atoms with van der Waals surface area (Å²) in [6, 6.07) is 3.42. The predicted molar refractivity (Wildman–Crippen MR) is 91.9 cm³/mol. The van der Waals surface area contributed by atoms with Gasteiger partial charge in [0.25, 0.3) is 0 Å². The third kappa shape index (κ3) is 2.97. The fourth-order valence-electron chi connectivity index (χ4n) is 4.46. The van der Waals surface area contributed by atoms with Gasteiger partial charge in [-0.15, -0.1) is 0 Å². The van der Waals surface area contributed by atoms with Crippen LogP contribution < -0.4 is 5.32 Å². The number of benzene rings is 1. The highest BCUT2D eigenvalue weighted by molar-refractivity contribution is 6.09. The summed E-state index contributed by atoms with van der Waals surface area (Å²) in [5, 5.41) is 12.9. The molecule has 6 nitrogen and oxygen atoms in total. The molecule has 0 aromatic heterocycles. The molecule has 4 unspecified atom stereocenters. The molecule has 2 saturated heterocycles. The number of nitrogens with zero attached hydrogens (tertiary/aromatic N) is 1. The average molecular weight is 398 g/mol. The lowest BCUT2D eigenvalue weighted by Crippen LogP contribution is -2.56. The molecule has 4 atom stereocenters. The Bertz CT molecular complexity index is 839. The second-order valence-electron chi connectivity index (χ2n) is 7.86. The van der Waals surface area contributed by atoms with E-state index in [0.29, 0.717) is 0 Å². The van der Waals surface area contributed by atoms with Gasteiger partial charge in [0.05, 0.1) is 17.4 Å². The summed E-state index contributed by atoms with van der Waals surface area (Å²) >= 11 is 0. The molecule has 9 heteroatoms. The number of hydrogen-bond acceptors (Lipinski definition) is 4. The van der Waals surface area contributed by atoms with Crippen molar-refractivity contribution in [2.75, 3.05) is 7.05 Å². The zero-order chi connectivity index (χ0) is 21.0. The third-order valence-electron chi connectivity index (χ3n) is 5.56. The molecule has 0 aliphatic carbocycles. The summed E-state index contributed by atoms with van der Waals surface area (Å²) in [5.74, 6) is -4.88. The Hall–Kier alpha value is -2.42. The SMILES string of the molecule is CC(C)CC1(C(=O)O)NC(c2cccc(C(F)(F)F)c2)C2C(=O)N(C)C(=O)C21. The Morgan fingerprint density at radius 1 is 1.29 bits per heavy atom. The van der Waals surface area contributed by atoms with Crippen molar-refractivity contribution in [3.63, 3.8) is 0 Å². The number of carbonyl (C=O) groups excluding carboxylic acids is 2. The summed E-state index contributed by atoms with van der Waals surface area (Å²) in [7, 11) is 1.27. The van der Waals surface area contributed by atoms with Gasteiger partial charge in [0.2, 0.25) is 11.8 Å². The Morgan fingerprint density at radius 2 is 1.93 bits per heavy atom. The van der Waals surface area contributed by atoms with E-state index in [1.165, 1.54) is 19.2 Å². The molecule has 152 valence electrons. The number of aliphatic carboxylic acids is 1. The minimum atomic E-state index is -4.58. The molecular formula is C19H21F3N2O4. The molecule has 2 amide bonds. The molecule has 2 aliphatic heterocycles. The predicted octanol–water partition coefficient (Wildman–Crippen LogP) is 2.45. The van der Waals surface area contributed by atoms with Gasteiger partial charge in [-0.2, -0.15) is 13.2 Å². The number of carboxylic acid groups (broad SMARTS) is 1. The van der Waals surface area contributed by atoms with Gasteiger partial charge >= 0.3 is 12.1 Å². The molecular weight excluding hydrogens is 377 g/mol. The van der Waals surface area contributed by atoms with Crippen molar-refractivity contribution in [3.8, 4) is 0 Å². The van der Waals surface area contributed by atoms with E-state index in [4.69, 9.17) is 0 Å². The van der Waals surface area contributed by atoms with Crippen LogP contribution in [-0.4, -0.2) is 40.4 Å². The second-order valence-corrected chi connectivity index (χ2v) is 7.86. The zero-order valence-electron chi connectivity index (χ0n) is 15.6. The van der Waals surface area contributed by atoms with Crippen LogP contribution in [-0.2, 0) is 20.6 Å². The molecule has 0 spiro atoms. The lowest BCUT2D eigenvalue weighted by atomic mass is 9.75. The molecule has 0 saturated carbocycles. The van der Waals surface area contributed by atoms with Gasteiger partial charge in [-0.25, -0.2) is 0 Å². The lowest BCUT2D eigenvalue weighted by molar-refractivity contribution is -0.151. The van der Waals surface area contributed by atoms with Crippen molar-refractivity contribution < 1.29 is 32.7 Å². The number of carbonyl (C=O) groups is 3. The maximum Gasteiger partial charge on any atom is 0.416 e. The van der Waals surface area contributed by atoms with Crippen LogP contribution in [0.1, 0.15) is 37.4 Å². The standard InChI is InChI=1S/C19H21F3N2O4/c1-9(2)8-18(17(27)28)13-12(15(25)24(3)16(13)26)14(23-18)10-5-4-6-11(7-10)19(20,21)22/h4-7,9,12-14,23H,8H2,1-3H3,(H,27,28). The molecule has 2 fully saturated rings. The van der Waals surface area contributed by atoms with E-state index in [-0.39, 0.29) is 17.9 Å². The normalized spacial score (nSPS) is 30.2. The molecule has 2 heterocycles. The summed E-state index contributed by atoms with van der Waals surface area (Å²) in [6.07, 6.45) is -4.52. The van der Waals surface area contributed by atoms with E-state index in [0.717, 1.165) is 17.0 Å². The summed E-state index contributed by atoms with van der Waals surface area (Å²) < 4.78 is 39.4. The van der Waals surface area contributed by atoms with Crippen molar-refractivity contribution in [1.82, 2.24) is 10.2 Å². The van der Waals surface area contributed by atoms with Crippen LogP contribution in [0.5, 0.6) is 0 Å². The molecule has 3 rings (SSSR count). The van der Waals surface area contributed by atoms with Crippen molar-refractivity contribution >= 4 is 17.8 Å². The number of fused-ring (bicyclic) bond motifs is 1. The first kappa shape index (κ1) is 20.3. The average Bonchev–Trinajstić information content (AvgIpc) is 3.04. The van der Waals surface area contributed by atoms with Crippen LogP contribution in [0.2, 0.25) is 0 Å². The first-order valence-corrected chi connectivity index (χ1v) is 8.90. The Labute approximate surface area is 159 Å². The third-order valence-corrected chi connectivity index (χ3v) is 5.56. The van der Waals surface area contributed by atoms with Gasteiger partial charge in [-0.1, -0.05) is 26.0 Å². The van der Waals surface area contributed by atoms with E-state index in [9.17, 15) is 32.7 Å². The highest BCUT2D eigenvalue weighted by Crippen LogP contribution is 2.50. The van der Waals surface area contributed by atoms with E-state index >= 15 is 0 Å². The molecule has 2 aliphatic rings. The monoisotopic (exact) mass is 398 g/mol. The number of nitrogens with one attached hydrogen (secondary N) is 1. The fraction of sp³-hybridized carbons (Fsp3) is 0.526. The van der Waals surface area contributed by atoms with Gasteiger partial charge < -0.3 is 5.11 Å². The molecule has 0 radical (unpaired) electrons. The minimum absolute atomic E-state index is 0.0613. The van der Waals surface area contributed by atoms with Crippen LogP contribution in [0.3, 0.4) is 0 Å². The molecule has 2 N–H and O–H groups in total. The van der Waals surface area contributed by atoms with Crippen molar-refractivity contribution in [1.29, 1.82) is 0 Å². The number of likely N-dealkylation sites (tertiary alicyclic amines) is 1. The number of carboxylic acids is 1. The second kappa shape index (κ2) is 6.58. The largest absolute Gasteiger partial charge is 0.480 e. The van der Waals surface area contributed by atoms with Crippen molar-refractivity contribution in [3.05, 3.63) is 35.4 Å². The highest BCUT2D eigenvalue weighted by Gasteiger charge is 2.67. The van der Waals surface area contributed by atoms with Crippen LogP contribution in [0.15, 0.2) is 24.3 Å². The van der Waals surface area contributed by atoms with E-state index in [2.05, 4.69) is 5.32 Å². The Kier molecular flexibility index (Phi) is 4.77. The van der Waals surface area contributed by atoms with E-state index in [1.54, 1.807) is 13.8 Å². The van der Waals surface area contributed by atoms with Gasteiger partial charge in [-0.05, 0) is 30.0 Å². The maximum atomic E-state index is 13.1. The summed E-state index contributed by atoms with van der Waals surface area (Å²) in [5.41, 5.74) is -2.49. The summed E-state index contributed by atoms with van der Waals surface area (Å²) in [6.45, 7) is 3.56. The van der Waals surface area contributed by atoms with Crippen LogP contribution in [0.25, 0.3) is 0 Å². The number of halogens is 3. The number of hydrogen-bond donors (Lipinski definition) is 2. The number of alkyl halides is 3. The summed E-state index contributed by atoms with van der Waals surface area (Å²) in [4.78, 5) is 38.6. The molecule has 1 aromatic rings. The quantitative estimate of drug-likeness (QED) is 0.761. The Morgan fingerprint density at radius 3 is 2.46 bits per heavy atom. The van der Waals surface area contributed by atoms with E-state index < -0.39 is 52.9 Å². The zero-order valence-corrected chi connectivity index (χ0v) is 15.6. The number of amides is 2. The molecule has 28 heavy (non-hydrogen) atoms. The first-order chi connectivity index (χ1) is 12.9. The van der Waals surface area contributed by atoms with Crippen LogP contribution in [0.4, 0.5) is 13.2 Å². The van der Waals surface area contributed by atoms with Gasteiger partial charge in [0.15, 0.2) is 0 Å². The minimum Gasteiger partial charge on any atom is -0.480 e. The van der Waals surface area contributed by atoms with Gasteiger partial charge in [-0.3, -0.25) is 24.6 Å². The highest BCUT2D eigenvalue weighted by atomic mass is 19.4. The fourth-order valence-corrected chi connectivity index (χ4v) is 4.46. The molecule has 1 aromatic carbocycles. The number of imide groups is 1. The maximum absolute atomic E-state index is 13.1. The van der Waals surface area contributed by atoms with Crippen LogP contribution in [0, 0.1) is 17.8 Å². The lowest BCUT2D eigenvalue weighted by Gasteiger charge is -2.32. The molecule has 0 bridgehead atoms.